The van der Waals surface area contributed by atoms with Crippen molar-refractivity contribution in [2.45, 2.75) is 17.3 Å². The number of aromatic nitrogens is 3. The number of carboxylic acids is 1. The van der Waals surface area contributed by atoms with Crippen LogP contribution < -0.4 is 16.1 Å². The molecule has 1 amide bonds. The molecule has 1 unspecified atom stereocenters. The minimum atomic E-state index is -1.32. The van der Waals surface area contributed by atoms with E-state index in [1.165, 1.54) is 11.8 Å². The van der Waals surface area contributed by atoms with Gasteiger partial charge in [-0.1, -0.05) is 11.8 Å². The molecule has 1 saturated heterocycles. The summed E-state index contributed by atoms with van der Waals surface area (Å²) in [4.78, 5) is 48.3. The number of nitrogens with two attached hydrogens (primary N) is 1. The Morgan fingerprint density at radius 1 is 1.19 bits per heavy atom. The van der Waals surface area contributed by atoms with Gasteiger partial charge in [-0.2, -0.15) is 0 Å². The van der Waals surface area contributed by atoms with Crippen LogP contribution in [-0.2, 0) is 0 Å². The molecule has 0 aliphatic carbocycles. The molecule has 10 nitrogen and oxygen atoms in total. The Hall–Kier alpha value is -4.06. The summed E-state index contributed by atoms with van der Waals surface area (Å²) in [7, 11) is 0. The van der Waals surface area contributed by atoms with Gasteiger partial charge in [0, 0.05) is 37.3 Å². The van der Waals surface area contributed by atoms with Crippen LogP contribution in [0.1, 0.15) is 33.3 Å². The standard InChI is InChI=1S/C24H21FN6O4S/c1-11-31-17-10-18(14(25)9-13(17)20(32)19(24(34)35)23(31)36-11)29-4-6-30(7-5-29)22(33)21-27-15-3-2-12(26)8-16(15)28-21/h2-3,8-11H,4-7,26H2,1H3,(H,27,28)(H,34,35). The first kappa shape index (κ1) is 22.4. The molecule has 2 aliphatic heterocycles. The smallest absolute Gasteiger partial charge is 0.342 e. The molecule has 2 aromatic carbocycles. The summed E-state index contributed by atoms with van der Waals surface area (Å²) >= 11 is 1.30. The Bertz CT molecular complexity index is 1660. The monoisotopic (exact) mass is 508 g/mol. The molecular formula is C24H21FN6O4S. The molecule has 2 aromatic heterocycles. The van der Waals surface area contributed by atoms with Crippen LogP contribution in [0, 0.1) is 5.82 Å². The predicted octanol–water partition coefficient (Wildman–Crippen LogP) is 2.88. The van der Waals surface area contributed by atoms with Crippen molar-refractivity contribution in [1.29, 1.82) is 0 Å². The first-order chi connectivity index (χ1) is 17.2. The van der Waals surface area contributed by atoms with E-state index in [0.717, 1.165) is 6.07 Å². The van der Waals surface area contributed by atoms with Crippen LogP contribution in [0.5, 0.6) is 0 Å². The highest BCUT2D eigenvalue weighted by Gasteiger charge is 2.34. The fourth-order valence-corrected chi connectivity index (χ4v) is 6.05. The fourth-order valence-electron chi connectivity index (χ4n) is 4.90. The van der Waals surface area contributed by atoms with Gasteiger partial charge in [0.2, 0.25) is 5.43 Å². The van der Waals surface area contributed by atoms with Crippen LogP contribution in [0.3, 0.4) is 0 Å². The van der Waals surface area contributed by atoms with Gasteiger partial charge < -0.3 is 30.2 Å². The second kappa shape index (κ2) is 7.98. The van der Waals surface area contributed by atoms with E-state index in [9.17, 15) is 19.5 Å². The third kappa shape index (κ3) is 3.32. The first-order valence-electron chi connectivity index (χ1n) is 11.3. The van der Waals surface area contributed by atoms with Crippen molar-refractivity contribution in [3.05, 3.63) is 57.8 Å². The highest BCUT2D eigenvalue weighted by molar-refractivity contribution is 8.00. The Kier molecular flexibility index (Phi) is 4.97. The van der Waals surface area contributed by atoms with Gasteiger partial charge in [-0.25, -0.2) is 14.2 Å². The Morgan fingerprint density at radius 3 is 2.64 bits per heavy atom. The molecule has 0 saturated carbocycles. The Labute approximate surface area is 207 Å². The topological polar surface area (TPSA) is 138 Å². The maximum atomic E-state index is 15.2. The number of amides is 1. The zero-order chi connectivity index (χ0) is 25.3. The number of piperazine rings is 1. The van der Waals surface area contributed by atoms with Gasteiger partial charge in [-0.05, 0) is 37.3 Å². The van der Waals surface area contributed by atoms with Crippen LogP contribution in [-0.4, -0.2) is 62.6 Å². The Balaban J connectivity index is 1.28. The number of aromatic amines is 1. The lowest BCUT2D eigenvalue weighted by Gasteiger charge is -2.37. The lowest BCUT2D eigenvalue weighted by molar-refractivity contribution is 0.0687. The molecule has 0 radical (unpaired) electrons. The van der Waals surface area contributed by atoms with Crippen LogP contribution in [0.2, 0.25) is 0 Å². The van der Waals surface area contributed by atoms with Gasteiger partial charge in [0.15, 0.2) is 5.82 Å². The van der Waals surface area contributed by atoms with Crippen LogP contribution in [0.25, 0.3) is 21.9 Å². The summed E-state index contributed by atoms with van der Waals surface area (Å²) < 4.78 is 17.0. The number of hydrogen-bond donors (Lipinski definition) is 3. The normalized spacial score (nSPS) is 17.3. The number of rotatable bonds is 3. The van der Waals surface area contributed by atoms with Crippen LogP contribution >= 0.6 is 11.8 Å². The number of imidazole rings is 1. The largest absolute Gasteiger partial charge is 0.477 e. The highest BCUT2D eigenvalue weighted by atomic mass is 32.2. The van der Waals surface area contributed by atoms with Crippen molar-refractivity contribution in [2.75, 3.05) is 36.8 Å². The molecule has 0 spiro atoms. The number of carboxylic acid groups (broad SMARTS) is 1. The number of aromatic carboxylic acids is 1. The van der Waals surface area contributed by atoms with Gasteiger partial charge in [0.05, 0.1) is 32.6 Å². The van der Waals surface area contributed by atoms with Gasteiger partial charge in [0.1, 0.15) is 11.4 Å². The number of nitrogen functional groups attached to an aromatic ring is 1. The number of hydrogen-bond acceptors (Lipinski definition) is 7. The lowest BCUT2D eigenvalue weighted by Crippen LogP contribution is -2.49. The van der Waals surface area contributed by atoms with E-state index in [-0.39, 0.29) is 28.1 Å². The number of nitrogens with one attached hydrogen (secondary N) is 1. The van der Waals surface area contributed by atoms with E-state index in [2.05, 4.69) is 9.97 Å². The minimum absolute atomic E-state index is 0.0453. The maximum absolute atomic E-state index is 15.2. The maximum Gasteiger partial charge on any atom is 0.342 e. The summed E-state index contributed by atoms with van der Waals surface area (Å²) in [6.45, 7) is 3.38. The van der Waals surface area contributed by atoms with Crippen molar-refractivity contribution >= 4 is 56.9 Å². The number of fused-ring (bicyclic) bond motifs is 4. The molecule has 4 N–H and O–H groups in total. The molecule has 184 valence electrons. The lowest BCUT2D eigenvalue weighted by atomic mass is 10.1. The van der Waals surface area contributed by atoms with Crippen LogP contribution in [0.15, 0.2) is 40.2 Å². The van der Waals surface area contributed by atoms with Crippen molar-refractivity contribution < 1.29 is 19.1 Å². The zero-order valence-corrected chi connectivity index (χ0v) is 19.9. The Morgan fingerprint density at radius 2 is 1.94 bits per heavy atom. The third-order valence-electron chi connectivity index (χ3n) is 6.70. The number of carbonyl (C=O) groups is 2. The van der Waals surface area contributed by atoms with E-state index >= 15 is 4.39 Å². The molecule has 12 heteroatoms. The molecule has 0 bridgehead atoms. The summed E-state index contributed by atoms with van der Waals surface area (Å²) in [6, 6.07) is 7.92. The molecule has 6 rings (SSSR count). The zero-order valence-electron chi connectivity index (χ0n) is 19.1. The number of halogens is 1. The van der Waals surface area contributed by atoms with Gasteiger partial charge >= 0.3 is 5.97 Å². The molecular weight excluding hydrogens is 487 g/mol. The molecule has 36 heavy (non-hydrogen) atoms. The minimum Gasteiger partial charge on any atom is -0.477 e. The quantitative estimate of drug-likeness (QED) is 0.359. The SMILES string of the molecule is CC1Sc2c(C(=O)O)c(=O)c3cc(F)c(N4CCN(C(=O)c5nc6ccc(N)cc6[nH]5)CC4)cc3n21. The van der Waals surface area contributed by atoms with Crippen molar-refractivity contribution in [1.82, 2.24) is 19.4 Å². The number of thioether (sulfide) groups is 1. The van der Waals surface area contributed by atoms with E-state index in [1.807, 2.05) is 11.8 Å². The number of benzene rings is 2. The predicted molar refractivity (Wildman–Crippen MR) is 134 cm³/mol. The average Bonchev–Trinajstić information content (AvgIpc) is 3.26. The van der Waals surface area contributed by atoms with Crippen LogP contribution in [0.4, 0.5) is 15.8 Å². The summed E-state index contributed by atoms with van der Waals surface area (Å²) in [5.41, 5.74) is 7.51. The third-order valence-corrected chi connectivity index (χ3v) is 7.88. The number of H-pyrrole nitrogens is 1. The second-order valence-corrected chi connectivity index (χ2v) is 10.2. The van der Waals surface area contributed by atoms with Gasteiger partial charge in [-0.3, -0.25) is 9.59 Å². The van der Waals surface area contributed by atoms with Crippen molar-refractivity contribution in [3.63, 3.8) is 0 Å². The summed E-state index contributed by atoms with van der Waals surface area (Å²) in [6.07, 6.45) is 0. The molecule has 1 atom stereocenters. The van der Waals surface area contributed by atoms with E-state index < -0.39 is 17.2 Å². The van der Waals surface area contributed by atoms with E-state index in [0.29, 0.717) is 59.1 Å². The number of anilines is 2. The first-order valence-corrected chi connectivity index (χ1v) is 12.2. The number of carbonyl (C=O) groups excluding carboxylic acids is 1. The van der Waals surface area contributed by atoms with Crippen molar-refractivity contribution in [3.8, 4) is 0 Å². The molecule has 1 fully saturated rings. The van der Waals surface area contributed by atoms with E-state index in [1.54, 1.807) is 33.7 Å². The number of pyridine rings is 1. The molecule has 4 aromatic rings. The summed E-state index contributed by atoms with van der Waals surface area (Å²) in [5.74, 6) is -1.95. The van der Waals surface area contributed by atoms with Crippen molar-refractivity contribution in [2.24, 2.45) is 0 Å². The fraction of sp³-hybridized carbons (Fsp3) is 0.250. The molecule has 2 aliphatic rings. The average molecular weight is 509 g/mol. The number of nitrogens with zero attached hydrogens (tertiary/aromatic N) is 4. The second-order valence-electron chi connectivity index (χ2n) is 8.86. The van der Waals surface area contributed by atoms with Gasteiger partial charge in [-0.15, -0.1) is 0 Å². The van der Waals surface area contributed by atoms with E-state index in [4.69, 9.17) is 5.73 Å². The van der Waals surface area contributed by atoms with Gasteiger partial charge in [0.25, 0.3) is 5.91 Å². The summed E-state index contributed by atoms with van der Waals surface area (Å²) in [5, 5.41) is 9.86. The molecule has 4 heterocycles. The highest BCUT2D eigenvalue weighted by Crippen LogP contribution is 2.46.